The summed E-state index contributed by atoms with van der Waals surface area (Å²) in [5.41, 5.74) is 0. The lowest BCUT2D eigenvalue weighted by atomic mass is 10.1. The van der Waals surface area contributed by atoms with Crippen LogP contribution in [0.1, 0.15) is 155 Å². The van der Waals surface area contributed by atoms with Crippen molar-refractivity contribution in [1.29, 1.82) is 0 Å². The second-order valence-corrected chi connectivity index (χ2v) is 16.9. The predicted molar refractivity (Wildman–Crippen MR) is 233 cm³/mol. The highest BCUT2D eigenvalue weighted by atomic mass is 31.2. The number of rotatable bonds is 38. The van der Waals surface area contributed by atoms with E-state index >= 15 is 0 Å². The predicted octanol–water partition coefficient (Wildman–Crippen LogP) is 12.2. The first-order valence-corrected chi connectivity index (χ1v) is 23.2. The second-order valence-electron chi connectivity index (χ2n) is 15.4. The van der Waals surface area contributed by atoms with Gasteiger partial charge in [-0.2, -0.15) is 0 Å². The molecule has 0 saturated heterocycles. The molecule has 0 fully saturated rings. The van der Waals surface area contributed by atoms with Crippen molar-refractivity contribution in [3.63, 3.8) is 0 Å². The van der Waals surface area contributed by atoms with Gasteiger partial charge in [0.1, 0.15) is 19.8 Å². The number of nitrogens with zero attached hydrogens (tertiary/aromatic N) is 1. The molecule has 0 aromatic carbocycles. The van der Waals surface area contributed by atoms with Gasteiger partial charge in [-0.05, 0) is 57.8 Å². The summed E-state index contributed by atoms with van der Waals surface area (Å²) in [6.07, 6.45) is 47.4. The van der Waals surface area contributed by atoms with Crippen molar-refractivity contribution < 1.29 is 42.1 Å². The van der Waals surface area contributed by atoms with Crippen LogP contribution in [-0.2, 0) is 32.7 Å². The normalized spacial score (nSPS) is 14.3. The number of quaternary nitrogens is 1. The van der Waals surface area contributed by atoms with Crippen LogP contribution in [0, 0.1) is 0 Å². The third-order valence-corrected chi connectivity index (χ3v) is 9.80. The summed E-state index contributed by atoms with van der Waals surface area (Å²) in [6, 6.07) is 0. The molecular formula is C46H81NO8P+. The molecule has 0 aliphatic carbocycles. The Hall–Kier alpha value is -2.55. The number of carbonyl (C=O) groups is 2. The third kappa shape index (κ3) is 41.1. The SMILES string of the molecule is CCCCC/C=C/C/C=C/C/C=C/C/C=C/CCCC(=O)OC[C@H](COP(=O)(O)OCC[N+](C)(C)C)OC(=O)/C=C/C=C/CCCCCCCCCCCCC. The molecule has 0 saturated carbocycles. The summed E-state index contributed by atoms with van der Waals surface area (Å²) < 4.78 is 34.0. The van der Waals surface area contributed by atoms with Gasteiger partial charge in [0.25, 0.3) is 0 Å². The summed E-state index contributed by atoms with van der Waals surface area (Å²) in [5, 5.41) is 0. The van der Waals surface area contributed by atoms with Crippen LogP contribution in [0.25, 0.3) is 0 Å². The maximum absolute atomic E-state index is 12.6. The molecule has 9 nitrogen and oxygen atoms in total. The highest BCUT2D eigenvalue weighted by molar-refractivity contribution is 7.47. The number of hydrogen-bond donors (Lipinski definition) is 1. The number of phosphoric acid groups is 1. The third-order valence-electron chi connectivity index (χ3n) is 8.82. The zero-order chi connectivity index (χ0) is 41.4. The number of esters is 2. The summed E-state index contributed by atoms with van der Waals surface area (Å²) in [4.78, 5) is 35.2. The smallest absolute Gasteiger partial charge is 0.462 e. The lowest BCUT2D eigenvalue weighted by molar-refractivity contribution is -0.870. The van der Waals surface area contributed by atoms with Crippen molar-refractivity contribution in [2.45, 2.75) is 161 Å². The quantitative estimate of drug-likeness (QED) is 0.0125. The Morgan fingerprint density at radius 3 is 1.66 bits per heavy atom. The van der Waals surface area contributed by atoms with Crippen molar-refractivity contribution in [3.8, 4) is 0 Å². The van der Waals surface area contributed by atoms with E-state index in [0.29, 0.717) is 17.4 Å². The maximum atomic E-state index is 12.6. The number of unbranched alkanes of at least 4 members (excludes halogenated alkanes) is 15. The molecule has 1 unspecified atom stereocenters. The lowest BCUT2D eigenvalue weighted by Gasteiger charge is -2.24. The fourth-order valence-electron chi connectivity index (χ4n) is 5.38. The number of allylic oxidation sites excluding steroid dienone is 11. The van der Waals surface area contributed by atoms with E-state index in [-0.39, 0.29) is 19.6 Å². The minimum atomic E-state index is -4.41. The molecule has 0 radical (unpaired) electrons. The van der Waals surface area contributed by atoms with E-state index in [2.05, 4.69) is 56.4 Å². The summed E-state index contributed by atoms with van der Waals surface area (Å²) in [7, 11) is 1.38. The van der Waals surface area contributed by atoms with E-state index in [4.69, 9.17) is 18.5 Å². The first-order chi connectivity index (χ1) is 27.0. The Bertz CT molecular complexity index is 1180. The minimum Gasteiger partial charge on any atom is -0.462 e. The van der Waals surface area contributed by atoms with Crippen molar-refractivity contribution in [1.82, 2.24) is 0 Å². The molecular weight excluding hydrogens is 725 g/mol. The van der Waals surface area contributed by atoms with Crippen LogP contribution in [0.4, 0.5) is 0 Å². The molecule has 0 rings (SSSR count). The van der Waals surface area contributed by atoms with Gasteiger partial charge in [-0.3, -0.25) is 13.8 Å². The van der Waals surface area contributed by atoms with Crippen LogP contribution in [0.3, 0.4) is 0 Å². The first kappa shape index (κ1) is 53.5. The Morgan fingerprint density at radius 1 is 0.607 bits per heavy atom. The van der Waals surface area contributed by atoms with Crippen LogP contribution in [0.15, 0.2) is 72.9 Å². The molecule has 10 heteroatoms. The number of carbonyl (C=O) groups excluding carboxylic acids is 2. The number of ether oxygens (including phenoxy) is 2. The molecule has 0 spiro atoms. The number of phosphoric ester groups is 1. The summed E-state index contributed by atoms with van der Waals surface area (Å²) >= 11 is 0. The molecule has 0 aromatic rings. The van der Waals surface area contributed by atoms with Gasteiger partial charge in [0, 0.05) is 12.5 Å². The van der Waals surface area contributed by atoms with Gasteiger partial charge >= 0.3 is 19.8 Å². The fraction of sp³-hybridized carbons (Fsp3) is 0.696. The molecule has 0 aromatic heterocycles. The Morgan fingerprint density at radius 2 is 1.09 bits per heavy atom. The lowest BCUT2D eigenvalue weighted by Crippen LogP contribution is -2.37. The molecule has 0 heterocycles. The molecule has 322 valence electrons. The standard InChI is InChI=1S/C46H80NO8P/c1-6-8-10-12-14-16-18-20-22-23-25-26-28-30-32-34-36-38-45(48)52-42-44(43-54-56(50,51)53-41-40-47(3,4)5)55-46(49)39-37-35-33-31-29-27-24-21-19-17-15-13-11-9-7-2/h14,16,20,22,25-26,30,32-33,35,37,39,44H,6-13,15,17-19,21,23-24,27-29,31,34,36,38,40-43H2,1-5H3/p+1/b16-14+,22-20+,26-25+,32-30+,35-33+,39-37+/t44-/m1/s1. The summed E-state index contributed by atoms with van der Waals surface area (Å²) in [6.45, 7) is 4.19. The zero-order valence-electron chi connectivity index (χ0n) is 36.1. The molecule has 0 amide bonds. The van der Waals surface area contributed by atoms with Crippen molar-refractivity contribution in [3.05, 3.63) is 72.9 Å². The van der Waals surface area contributed by atoms with Crippen molar-refractivity contribution in [2.24, 2.45) is 0 Å². The van der Waals surface area contributed by atoms with Crippen LogP contribution in [0.5, 0.6) is 0 Å². The van der Waals surface area contributed by atoms with Gasteiger partial charge < -0.3 is 18.9 Å². The Kier molecular flexibility index (Phi) is 36.3. The van der Waals surface area contributed by atoms with Gasteiger partial charge in [-0.25, -0.2) is 9.36 Å². The average molecular weight is 807 g/mol. The molecule has 56 heavy (non-hydrogen) atoms. The van der Waals surface area contributed by atoms with E-state index in [9.17, 15) is 19.0 Å². The average Bonchev–Trinajstić information content (AvgIpc) is 3.15. The largest absolute Gasteiger partial charge is 0.472 e. The van der Waals surface area contributed by atoms with Crippen LogP contribution >= 0.6 is 7.82 Å². The van der Waals surface area contributed by atoms with E-state index in [1.54, 1.807) is 6.08 Å². The van der Waals surface area contributed by atoms with E-state index in [1.165, 1.54) is 96.0 Å². The molecule has 0 bridgehead atoms. The van der Waals surface area contributed by atoms with Crippen LogP contribution in [-0.4, -0.2) is 74.9 Å². The van der Waals surface area contributed by atoms with Gasteiger partial charge in [0.15, 0.2) is 6.10 Å². The Balaban J connectivity index is 4.58. The van der Waals surface area contributed by atoms with Gasteiger partial charge in [-0.1, -0.05) is 158 Å². The Labute approximate surface area is 342 Å². The fourth-order valence-corrected chi connectivity index (χ4v) is 6.12. The molecule has 0 aliphatic heterocycles. The molecule has 0 aliphatic rings. The van der Waals surface area contributed by atoms with E-state index in [0.717, 1.165) is 38.5 Å². The highest BCUT2D eigenvalue weighted by Crippen LogP contribution is 2.43. The summed E-state index contributed by atoms with van der Waals surface area (Å²) in [5.74, 6) is -1.12. The minimum absolute atomic E-state index is 0.00439. The molecule has 2 atom stereocenters. The second kappa shape index (κ2) is 38.0. The monoisotopic (exact) mass is 807 g/mol. The van der Waals surface area contributed by atoms with Crippen LogP contribution < -0.4 is 0 Å². The first-order valence-electron chi connectivity index (χ1n) is 21.7. The van der Waals surface area contributed by atoms with Crippen molar-refractivity contribution in [2.75, 3.05) is 47.5 Å². The maximum Gasteiger partial charge on any atom is 0.472 e. The van der Waals surface area contributed by atoms with Crippen molar-refractivity contribution >= 4 is 19.8 Å². The van der Waals surface area contributed by atoms with Gasteiger partial charge in [0.2, 0.25) is 0 Å². The van der Waals surface area contributed by atoms with Crippen LogP contribution in [0.2, 0.25) is 0 Å². The molecule has 1 N–H and O–H groups in total. The topological polar surface area (TPSA) is 108 Å². The van der Waals surface area contributed by atoms with E-state index < -0.39 is 32.5 Å². The zero-order valence-corrected chi connectivity index (χ0v) is 37.0. The highest BCUT2D eigenvalue weighted by Gasteiger charge is 2.26. The number of hydrogen-bond acceptors (Lipinski definition) is 7. The van der Waals surface area contributed by atoms with Gasteiger partial charge in [0.05, 0.1) is 27.7 Å². The van der Waals surface area contributed by atoms with Gasteiger partial charge in [-0.15, -0.1) is 0 Å². The number of likely N-dealkylation sites (N-methyl/N-ethyl adjacent to an activating group) is 1. The van der Waals surface area contributed by atoms with E-state index in [1.807, 2.05) is 39.4 Å².